The summed E-state index contributed by atoms with van der Waals surface area (Å²) in [5, 5.41) is 15.2. The Morgan fingerprint density at radius 2 is 2.20 bits per heavy atom. The average Bonchev–Trinajstić information content (AvgIpc) is 2.92. The van der Waals surface area contributed by atoms with Gasteiger partial charge < -0.3 is 5.11 Å². The summed E-state index contributed by atoms with van der Waals surface area (Å²) >= 11 is 0. The van der Waals surface area contributed by atoms with E-state index in [1.807, 2.05) is 0 Å². The lowest BCUT2D eigenvalue weighted by Crippen LogP contribution is -2.46. The minimum absolute atomic E-state index is 0.219. The molecule has 0 radical (unpaired) electrons. The lowest BCUT2D eigenvalue weighted by Gasteiger charge is -2.29. The van der Waals surface area contributed by atoms with Gasteiger partial charge in [0, 0.05) is 26.1 Å². The van der Waals surface area contributed by atoms with Gasteiger partial charge in [0.15, 0.2) is 0 Å². The zero-order chi connectivity index (χ0) is 14.6. The molecule has 9 nitrogen and oxygen atoms in total. The van der Waals surface area contributed by atoms with Crippen LogP contribution in [0.3, 0.4) is 0 Å². The highest BCUT2D eigenvalue weighted by molar-refractivity contribution is 7.87. The van der Waals surface area contributed by atoms with Crippen molar-refractivity contribution in [3.8, 4) is 0 Å². The summed E-state index contributed by atoms with van der Waals surface area (Å²) < 4.78 is 27.8. The van der Waals surface area contributed by atoms with E-state index in [1.54, 1.807) is 0 Å². The summed E-state index contributed by atoms with van der Waals surface area (Å²) in [6.45, 7) is 0.680. The Balaban J connectivity index is 1.80. The summed E-state index contributed by atoms with van der Waals surface area (Å²) in [6.07, 6.45) is 2.47. The lowest BCUT2D eigenvalue weighted by atomic mass is 9.99. The Bertz CT molecular complexity index is 536. The van der Waals surface area contributed by atoms with Gasteiger partial charge in [-0.1, -0.05) is 0 Å². The first kappa shape index (κ1) is 14.9. The van der Waals surface area contributed by atoms with Crippen LogP contribution >= 0.6 is 0 Å². The SMILES string of the molecule is O=C(O)C1CCN(S(=O)(=O)NCCc2ncn[nH]2)CC1. The van der Waals surface area contributed by atoms with Crippen molar-refractivity contribution >= 4 is 16.2 Å². The molecule has 3 N–H and O–H groups in total. The first-order valence-corrected chi connectivity index (χ1v) is 7.75. The maximum Gasteiger partial charge on any atom is 0.306 e. The minimum atomic E-state index is -3.56. The second kappa shape index (κ2) is 6.29. The predicted octanol–water partition coefficient (Wildman–Crippen LogP) is -1.02. The highest BCUT2D eigenvalue weighted by Gasteiger charge is 2.30. The summed E-state index contributed by atoms with van der Waals surface area (Å²) in [5.41, 5.74) is 0. The van der Waals surface area contributed by atoms with Crippen LogP contribution in [-0.4, -0.2) is 58.6 Å². The molecule has 2 heterocycles. The molecule has 0 aliphatic carbocycles. The van der Waals surface area contributed by atoms with Crippen molar-refractivity contribution in [3.05, 3.63) is 12.2 Å². The zero-order valence-corrected chi connectivity index (χ0v) is 11.6. The number of carboxylic acids is 1. The Morgan fingerprint density at radius 3 is 2.75 bits per heavy atom. The number of nitrogens with zero attached hydrogens (tertiary/aromatic N) is 3. The normalized spacial score (nSPS) is 18.2. The quantitative estimate of drug-likeness (QED) is 0.617. The number of hydrogen-bond acceptors (Lipinski definition) is 5. The van der Waals surface area contributed by atoms with Crippen molar-refractivity contribution in [1.82, 2.24) is 24.2 Å². The van der Waals surface area contributed by atoms with E-state index in [0.717, 1.165) is 0 Å². The van der Waals surface area contributed by atoms with Crippen molar-refractivity contribution in [3.63, 3.8) is 0 Å². The lowest BCUT2D eigenvalue weighted by molar-refractivity contribution is -0.142. The van der Waals surface area contributed by atoms with Gasteiger partial charge in [-0.15, -0.1) is 0 Å². The molecule has 10 heteroatoms. The molecule has 20 heavy (non-hydrogen) atoms. The van der Waals surface area contributed by atoms with Crippen LogP contribution in [0.1, 0.15) is 18.7 Å². The van der Waals surface area contributed by atoms with Crippen LogP contribution in [0.5, 0.6) is 0 Å². The number of piperidine rings is 1. The van der Waals surface area contributed by atoms with Crippen LogP contribution in [0, 0.1) is 5.92 Å². The minimum Gasteiger partial charge on any atom is -0.481 e. The molecule has 1 aromatic rings. The molecule has 112 valence electrons. The summed E-state index contributed by atoms with van der Waals surface area (Å²) in [4.78, 5) is 14.7. The fraction of sp³-hybridized carbons (Fsp3) is 0.700. The number of nitrogens with one attached hydrogen (secondary N) is 2. The fourth-order valence-electron chi connectivity index (χ4n) is 2.08. The maximum absolute atomic E-state index is 12.0. The standard InChI is InChI=1S/C10H17N5O4S/c16-10(17)8-2-5-15(6-3-8)20(18,19)13-4-1-9-11-7-12-14-9/h7-8,13H,1-6H2,(H,16,17)(H,11,12,14). The summed E-state index contributed by atoms with van der Waals surface area (Å²) in [7, 11) is -3.56. The van der Waals surface area contributed by atoms with E-state index in [2.05, 4.69) is 19.9 Å². The molecule has 0 amide bonds. The monoisotopic (exact) mass is 303 g/mol. The second-order valence-corrected chi connectivity index (χ2v) is 6.35. The van der Waals surface area contributed by atoms with Gasteiger partial charge in [-0.05, 0) is 12.8 Å². The molecular formula is C10H17N5O4S. The van der Waals surface area contributed by atoms with Gasteiger partial charge in [0.2, 0.25) is 0 Å². The predicted molar refractivity (Wildman–Crippen MR) is 68.9 cm³/mol. The van der Waals surface area contributed by atoms with Gasteiger partial charge in [0.05, 0.1) is 5.92 Å². The van der Waals surface area contributed by atoms with Crippen molar-refractivity contribution in [2.45, 2.75) is 19.3 Å². The third-order valence-electron chi connectivity index (χ3n) is 3.25. The third-order valence-corrected chi connectivity index (χ3v) is 4.87. The number of aromatic amines is 1. The highest BCUT2D eigenvalue weighted by atomic mass is 32.2. The molecule has 0 aromatic carbocycles. The molecule has 0 atom stereocenters. The van der Waals surface area contributed by atoms with Crippen LogP contribution in [-0.2, 0) is 21.4 Å². The van der Waals surface area contributed by atoms with Gasteiger partial charge in [0.1, 0.15) is 12.2 Å². The van der Waals surface area contributed by atoms with Crippen LogP contribution in [0.4, 0.5) is 0 Å². The molecule has 2 rings (SSSR count). The number of aliphatic carboxylic acids is 1. The number of carboxylic acid groups (broad SMARTS) is 1. The molecular weight excluding hydrogens is 286 g/mol. The van der Waals surface area contributed by atoms with Crippen molar-refractivity contribution < 1.29 is 18.3 Å². The molecule has 0 bridgehead atoms. The number of carbonyl (C=O) groups is 1. The highest BCUT2D eigenvalue weighted by Crippen LogP contribution is 2.18. The van der Waals surface area contributed by atoms with E-state index < -0.39 is 22.1 Å². The molecule has 1 aliphatic rings. The first-order chi connectivity index (χ1) is 9.49. The Labute approximate surface area is 116 Å². The number of aromatic nitrogens is 3. The molecule has 0 spiro atoms. The molecule has 1 aromatic heterocycles. The number of hydrogen-bond donors (Lipinski definition) is 3. The number of rotatable bonds is 6. The Morgan fingerprint density at radius 1 is 1.50 bits per heavy atom. The van der Waals surface area contributed by atoms with Crippen molar-refractivity contribution in [2.75, 3.05) is 19.6 Å². The van der Waals surface area contributed by atoms with E-state index in [9.17, 15) is 13.2 Å². The van der Waals surface area contributed by atoms with Gasteiger partial charge in [-0.2, -0.15) is 17.8 Å². The third kappa shape index (κ3) is 3.74. The summed E-state index contributed by atoms with van der Waals surface area (Å²) in [6, 6.07) is 0. The van der Waals surface area contributed by atoms with E-state index in [0.29, 0.717) is 25.1 Å². The van der Waals surface area contributed by atoms with E-state index in [1.165, 1.54) is 10.6 Å². The topological polar surface area (TPSA) is 128 Å². The molecule has 1 aliphatic heterocycles. The van der Waals surface area contributed by atoms with Crippen LogP contribution in [0.2, 0.25) is 0 Å². The summed E-state index contributed by atoms with van der Waals surface area (Å²) in [5.74, 6) is -0.701. The fourth-order valence-corrected chi connectivity index (χ4v) is 3.32. The van der Waals surface area contributed by atoms with E-state index in [-0.39, 0.29) is 19.6 Å². The Hall–Kier alpha value is -1.52. The van der Waals surface area contributed by atoms with Gasteiger partial charge in [-0.3, -0.25) is 9.89 Å². The van der Waals surface area contributed by atoms with Gasteiger partial charge in [0.25, 0.3) is 10.2 Å². The molecule has 1 saturated heterocycles. The molecule has 0 unspecified atom stereocenters. The largest absolute Gasteiger partial charge is 0.481 e. The first-order valence-electron chi connectivity index (χ1n) is 6.31. The number of H-pyrrole nitrogens is 1. The van der Waals surface area contributed by atoms with Gasteiger partial charge >= 0.3 is 5.97 Å². The van der Waals surface area contributed by atoms with E-state index >= 15 is 0 Å². The Kier molecular flexibility index (Phi) is 4.68. The molecule has 0 saturated carbocycles. The maximum atomic E-state index is 12.0. The zero-order valence-electron chi connectivity index (χ0n) is 10.8. The van der Waals surface area contributed by atoms with E-state index in [4.69, 9.17) is 5.11 Å². The van der Waals surface area contributed by atoms with Crippen molar-refractivity contribution in [1.29, 1.82) is 0 Å². The van der Waals surface area contributed by atoms with Crippen LogP contribution in [0.15, 0.2) is 6.33 Å². The van der Waals surface area contributed by atoms with Gasteiger partial charge in [-0.25, -0.2) is 9.71 Å². The smallest absolute Gasteiger partial charge is 0.306 e. The molecule has 1 fully saturated rings. The van der Waals surface area contributed by atoms with Crippen LogP contribution < -0.4 is 4.72 Å². The average molecular weight is 303 g/mol. The van der Waals surface area contributed by atoms with Crippen molar-refractivity contribution in [2.24, 2.45) is 5.92 Å². The van der Waals surface area contributed by atoms with Crippen LogP contribution in [0.25, 0.3) is 0 Å². The second-order valence-electron chi connectivity index (χ2n) is 4.59.